The molecule has 1 unspecified atom stereocenters. The van der Waals surface area contributed by atoms with Crippen molar-refractivity contribution < 1.29 is 14.3 Å². The normalized spacial score (nSPS) is 11.9. The Morgan fingerprint density at radius 3 is 2.07 bits per heavy atom. The largest absolute Gasteiger partial charge is 0.381 e. The van der Waals surface area contributed by atoms with Gasteiger partial charge in [0.2, 0.25) is 5.91 Å². The summed E-state index contributed by atoms with van der Waals surface area (Å²) < 4.78 is 11.3. The molecular formula is C24H33NO3. The van der Waals surface area contributed by atoms with Crippen LogP contribution in [0.2, 0.25) is 0 Å². The van der Waals surface area contributed by atoms with E-state index < -0.39 is 6.10 Å². The molecule has 0 aliphatic heterocycles. The lowest BCUT2D eigenvalue weighted by Crippen LogP contribution is -2.35. The maximum absolute atomic E-state index is 12.0. The topological polar surface area (TPSA) is 47.6 Å². The highest BCUT2D eigenvalue weighted by molar-refractivity contribution is 5.80. The van der Waals surface area contributed by atoms with Gasteiger partial charge in [0.15, 0.2) is 0 Å². The van der Waals surface area contributed by atoms with Crippen molar-refractivity contribution in [2.24, 2.45) is 0 Å². The van der Waals surface area contributed by atoms with Crippen LogP contribution in [0.5, 0.6) is 0 Å². The summed E-state index contributed by atoms with van der Waals surface area (Å²) in [7, 11) is 0. The zero-order valence-electron chi connectivity index (χ0n) is 16.9. The first-order chi connectivity index (χ1) is 13.8. The summed E-state index contributed by atoms with van der Waals surface area (Å²) in [4.78, 5) is 12.0. The smallest absolute Gasteiger partial charge is 0.248 e. The van der Waals surface area contributed by atoms with Crippen molar-refractivity contribution >= 4 is 5.91 Å². The van der Waals surface area contributed by atoms with Crippen LogP contribution in [0.4, 0.5) is 0 Å². The second kappa shape index (κ2) is 13.9. The Balaban J connectivity index is 1.40. The van der Waals surface area contributed by atoms with Crippen molar-refractivity contribution in [1.82, 2.24) is 5.32 Å². The maximum atomic E-state index is 12.0. The SMILES string of the molecule is CC(OCCc1ccccc1)C(=O)NCCCCCOCCc1ccccc1. The third-order valence-corrected chi connectivity index (χ3v) is 4.61. The van der Waals surface area contributed by atoms with Crippen molar-refractivity contribution in [2.45, 2.75) is 45.1 Å². The third kappa shape index (κ3) is 9.67. The molecule has 0 aromatic heterocycles. The summed E-state index contributed by atoms with van der Waals surface area (Å²) >= 11 is 0. The molecule has 2 rings (SSSR count). The van der Waals surface area contributed by atoms with Crippen LogP contribution in [-0.4, -0.2) is 38.4 Å². The summed E-state index contributed by atoms with van der Waals surface area (Å²) in [5.74, 6) is -0.0350. The molecule has 0 aliphatic rings. The molecule has 28 heavy (non-hydrogen) atoms. The van der Waals surface area contributed by atoms with Crippen LogP contribution >= 0.6 is 0 Å². The Morgan fingerprint density at radius 1 is 0.821 bits per heavy atom. The highest BCUT2D eigenvalue weighted by Gasteiger charge is 2.12. The van der Waals surface area contributed by atoms with Gasteiger partial charge in [-0.3, -0.25) is 4.79 Å². The lowest BCUT2D eigenvalue weighted by atomic mass is 10.2. The molecule has 2 aromatic rings. The number of unbranched alkanes of at least 4 members (excludes halogenated alkanes) is 2. The molecule has 1 amide bonds. The number of hydrogen-bond acceptors (Lipinski definition) is 3. The van der Waals surface area contributed by atoms with Gasteiger partial charge in [-0.25, -0.2) is 0 Å². The average molecular weight is 384 g/mol. The van der Waals surface area contributed by atoms with Crippen molar-refractivity contribution in [3.8, 4) is 0 Å². The second-order valence-electron chi connectivity index (χ2n) is 6.95. The van der Waals surface area contributed by atoms with E-state index in [1.165, 1.54) is 11.1 Å². The molecule has 0 bridgehead atoms. The van der Waals surface area contributed by atoms with E-state index in [1.807, 2.05) is 24.3 Å². The zero-order chi connectivity index (χ0) is 19.9. The van der Waals surface area contributed by atoms with E-state index in [9.17, 15) is 4.79 Å². The molecule has 1 N–H and O–H groups in total. The zero-order valence-corrected chi connectivity index (χ0v) is 16.9. The third-order valence-electron chi connectivity index (χ3n) is 4.61. The fourth-order valence-electron chi connectivity index (χ4n) is 2.87. The van der Waals surface area contributed by atoms with E-state index in [2.05, 4.69) is 41.7 Å². The van der Waals surface area contributed by atoms with Crippen LogP contribution in [0.25, 0.3) is 0 Å². The minimum absolute atomic E-state index is 0.0350. The Bertz CT molecular complexity index is 645. The molecule has 4 nitrogen and oxygen atoms in total. The van der Waals surface area contributed by atoms with Gasteiger partial charge in [-0.1, -0.05) is 60.7 Å². The molecule has 0 saturated carbocycles. The molecule has 1 atom stereocenters. The Morgan fingerprint density at radius 2 is 1.43 bits per heavy atom. The van der Waals surface area contributed by atoms with Gasteiger partial charge in [-0.2, -0.15) is 0 Å². The lowest BCUT2D eigenvalue weighted by Gasteiger charge is -2.13. The molecule has 152 valence electrons. The van der Waals surface area contributed by atoms with Crippen LogP contribution < -0.4 is 5.32 Å². The predicted molar refractivity (Wildman–Crippen MR) is 113 cm³/mol. The van der Waals surface area contributed by atoms with Gasteiger partial charge < -0.3 is 14.8 Å². The molecule has 0 saturated heterocycles. The molecular weight excluding hydrogens is 350 g/mol. The summed E-state index contributed by atoms with van der Waals surface area (Å²) in [6.45, 7) is 4.59. The molecule has 0 radical (unpaired) electrons. The van der Waals surface area contributed by atoms with Gasteiger partial charge in [-0.05, 0) is 50.2 Å². The summed E-state index contributed by atoms with van der Waals surface area (Å²) in [5.41, 5.74) is 2.53. The van der Waals surface area contributed by atoms with E-state index in [-0.39, 0.29) is 5.91 Å². The number of carbonyl (C=O) groups excluding carboxylic acids is 1. The van der Waals surface area contributed by atoms with Crippen LogP contribution in [0.15, 0.2) is 60.7 Å². The van der Waals surface area contributed by atoms with Crippen LogP contribution in [0, 0.1) is 0 Å². The van der Waals surface area contributed by atoms with Gasteiger partial charge in [0.05, 0.1) is 13.2 Å². The van der Waals surface area contributed by atoms with Crippen LogP contribution in [0.1, 0.15) is 37.3 Å². The number of benzene rings is 2. The van der Waals surface area contributed by atoms with Gasteiger partial charge in [0.25, 0.3) is 0 Å². The molecule has 0 fully saturated rings. The van der Waals surface area contributed by atoms with Crippen molar-refractivity contribution in [2.75, 3.05) is 26.4 Å². The number of carbonyl (C=O) groups is 1. The van der Waals surface area contributed by atoms with E-state index in [0.717, 1.165) is 45.3 Å². The highest BCUT2D eigenvalue weighted by Crippen LogP contribution is 2.03. The number of amides is 1. The highest BCUT2D eigenvalue weighted by atomic mass is 16.5. The van der Waals surface area contributed by atoms with Crippen molar-refractivity contribution in [3.05, 3.63) is 71.8 Å². The standard InChI is InChI=1S/C24H33NO3/c1-21(28-20-16-23-13-7-3-8-14-23)24(26)25-17-9-4-10-18-27-19-15-22-11-5-2-6-12-22/h2-3,5-8,11-14,21H,4,9-10,15-20H2,1H3,(H,25,26). The fraction of sp³-hybridized carbons (Fsp3) is 0.458. The number of rotatable bonds is 14. The fourth-order valence-corrected chi connectivity index (χ4v) is 2.87. The van der Waals surface area contributed by atoms with Gasteiger partial charge in [0, 0.05) is 13.2 Å². The number of ether oxygens (including phenoxy) is 2. The summed E-state index contributed by atoms with van der Waals surface area (Å²) in [6.07, 6.45) is 4.40. The Hall–Kier alpha value is -2.17. The van der Waals surface area contributed by atoms with Crippen LogP contribution in [0.3, 0.4) is 0 Å². The minimum Gasteiger partial charge on any atom is -0.381 e. The first kappa shape index (κ1) is 22.1. The molecule has 4 heteroatoms. The molecule has 0 aliphatic carbocycles. The number of hydrogen-bond donors (Lipinski definition) is 1. The average Bonchev–Trinajstić information content (AvgIpc) is 2.73. The van der Waals surface area contributed by atoms with Crippen molar-refractivity contribution in [3.63, 3.8) is 0 Å². The first-order valence-electron chi connectivity index (χ1n) is 10.3. The summed E-state index contributed by atoms with van der Waals surface area (Å²) in [6, 6.07) is 20.5. The maximum Gasteiger partial charge on any atom is 0.248 e. The van der Waals surface area contributed by atoms with E-state index >= 15 is 0 Å². The van der Waals surface area contributed by atoms with Crippen molar-refractivity contribution in [1.29, 1.82) is 0 Å². The molecule has 2 aromatic carbocycles. The monoisotopic (exact) mass is 383 g/mol. The van der Waals surface area contributed by atoms with E-state index in [4.69, 9.17) is 9.47 Å². The van der Waals surface area contributed by atoms with Crippen LogP contribution in [-0.2, 0) is 27.1 Å². The van der Waals surface area contributed by atoms with Gasteiger partial charge in [0.1, 0.15) is 6.10 Å². The number of nitrogens with one attached hydrogen (secondary N) is 1. The summed E-state index contributed by atoms with van der Waals surface area (Å²) in [5, 5.41) is 2.95. The van der Waals surface area contributed by atoms with E-state index in [1.54, 1.807) is 6.92 Å². The quantitative estimate of drug-likeness (QED) is 0.498. The van der Waals surface area contributed by atoms with Gasteiger partial charge in [-0.15, -0.1) is 0 Å². The molecule has 0 spiro atoms. The first-order valence-corrected chi connectivity index (χ1v) is 10.3. The Kier molecular flexibility index (Phi) is 11.0. The lowest BCUT2D eigenvalue weighted by molar-refractivity contribution is -0.131. The minimum atomic E-state index is -0.412. The predicted octanol–water partition coefficient (Wildman–Crippen LogP) is 4.18. The second-order valence-corrected chi connectivity index (χ2v) is 6.95. The van der Waals surface area contributed by atoms with E-state index in [0.29, 0.717) is 13.2 Å². The Labute approximate surface area is 169 Å². The molecule has 0 heterocycles. The van der Waals surface area contributed by atoms with Gasteiger partial charge >= 0.3 is 0 Å².